The number of para-hydroxylation sites is 1. The maximum atomic E-state index is 12.5. The lowest BCUT2D eigenvalue weighted by atomic mass is 9.88. The predicted octanol–water partition coefficient (Wildman–Crippen LogP) is 3.27. The van der Waals surface area contributed by atoms with Gasteiger partial charge in [-0.15, -0.1) is 10.2 Å². The standard InChI is InChI=1S/C20H26N4O2S/c25-18(23-11-13-26-14-12-23)15-27-20-22-21-19(16-7-3-1-4-8-16)24(20)17-9-5-2-6-10-17/h2,5-6,9-10,16H,1,3-4,7-8,11-15H2. The lowest BCUT2D eigenvalue weighted by molar-refractivity contribution is -0.132. The minimum absolute atomic E-state index is 0.144. The summed E-state index contributed by atoms with van der Waals surface area (Å²) in [5.74, 6) is 2.03. The fourth-order valence-electron chi connectivity index (χ4n) is 3.85. The SMILES string of the molecule is O=C(CSc1nnc(C2CCCCC2)n1-c1ccccc1)N1CCOCC1. The minimum Gasteiger partial charge on any atom is -0.378 e. The average Bonchev–Trinajstić information content (AvgIpc) is 3.18. The molecule has 2 aliphatic rings. The lowest BCUT2D eigenvalue weighted by Gasteiger charge is -2.26. The molecule has 0 spiro atoms. The number of ether oxygens (including phenoxy) is 1. The summed E-state index contributed by atoms with van der Waals surface area (Å²) in [6, 6.07) is 10.3. The van der Waals surface area contributed by atoms with Gasteiger partial charge in [-0.05, 0) is 25.0 Å². The molecule has 0 unspecified atom stereocenters. The Hall–Kier alpha value is -1.86. The third-order valence-corrected chi connectivity index (χ3v) is 6.25. The molecule has 1 saturated carbocycles. The van der Waals surface area contributed by atoms with Gasteiger partial charge in [0.1, 0.15) is 5.82 Å². The van der Waals surface area contributed by atoms with Crippen LogP contribution in [0.1, 0.15) is 43.8 Å². The molecule has 27 heavy (non-hydrogen) atoms. The second-order valence-corrected chi connectivity index (χ2v) is 8.07. The molecule has 144 valence electrons. The number of aromatic nitrogens is 3. The summed E-state index contributed by atoms with van der Waals surface area (Å²) in [6.45, 7) is 2.61. The van der Waals surface area contributed by atoms with Gasteiger partial charge in [0.2, 0.25) is 5.91 Å². The van der Waals surface area contributed by atoms with E-state index in [2.05, 4.69) is 26.9 Å². The minimum atomic E-state index is 0.144. The summed E-state index contributed by atoms with van der Waals surface area (Å²) in [7, 11) is 0. The first-order valence-electron chi connectivity index (χ1n) is 9.82. The lowest BCUT2D eigenvalue weighted by Crippen LogP contribution is -2.41. The largest absolute Gasteiger partial charge is 0.378 e. The molecule has 1 aliphatic carbocycles. The first kappa shape index (κ1) is 18.5. The fraction of sp³-hybridized carbons (Fsp3) is 0.550. The molecule has 1 saturated heterocycles. The van der Waals surface area contributed by atoms with E-state index < -0.39 is 0 Å². The smallest absolute Gasteiger partial charge is 0.233 e. The second-order valence-electron chi connectivity index (χ2n) is 7.13. The van der Waals surface area contributed by atoms with Gasteiger partial charge in [0.05, 0.1) is 19.0 Å². The Morgan fingerprint density at radius 3 is 2.56 bits per heavy atom. The Balaban J connectivity index is 1.54. The van der Waals surface area contributed by atoms with Crippen molar-refractivity contribution in [2.75, 3.05) is 32.1 Å². The Labute approximate surface area is 164 Å². The molecular weight excluding hydrogens is 360 g/mol. The Morgan fingerprint density at radius 2 is 1.81 bits per heavy atom. The molecule has 0 radical (unpaired) electrons. The van der Waals surface area contributed by atoms with Gasteiger partial charge in [-0.1, -0.05) is 49.2 Å². The van der Waals surface area contributed by atoms with E-state index in [1.165, 1.54) is 43.9 Å². The number of amides is 1. The zero-order valence-corrected chi connectivity index (χ0v) is 16.4. The van der Waals surface area contributed by atoms with Gasteiger partial charge in [0.15, 0.2) is 5.16 Å². The zero-order valence-electron chi connectivity index (χ0n) is 15.5. The van der Waals surface area contributed by atoms with Crippen LogP contribution in [0, 0.1) is 0 Å². The van der Waals surface area contributed by atoms with Crippen molar-refractivity contribution in [2.45, 2.75) is 43.2 Å². The van der Waals surface area contributed by atoms with Crippen molar-refractivity contribution in [3.05, 3.63) is 36.2 Å². The number of hydrogen-bond donors (Lipinski definition) is 0. The van der Waals surface area contributed by atoms with Gasteiger partial charge in [-0.2, -0.15) is 0 Å². The molecule has 1 amide bonds. The normalized spacial score (nSPS) is 18.6. The molecule has 1 aromatic heterocycles. The maximum absolute atomic E-state index is 12.5. The Morgan fingerprint density at radius 1 is 1.07 bits per heavy atom. The molecule has 1 aliphatic heterocycles. The summed E-state index contributed by atoms with van der Waals surface area (Å²) in [6.07, 6.45) is 6.16. The first-order valence-corrected chi connectivity index (χ1v) is 10.8. The molecule has 0 atom stereocenters. The summed E-state index contributed by atoms with van der Waals surface area (Å²) < 4.78 is 7.49. The van der Waals surface area contributed by atoms with Crippen molar-refractivity contribution in [3.63, 3.8) is 0 Å². The number of morpholine rings is 1. The Kier molecular flexibility index (Phi) is 6.09. The van der Waals surface area contributed by atoms with E-state index in [4.69, 9.17) is 4.74 Å². The van der Waals surface area contributed by atoms with Gasteiger partial charge in [0, 0.05) is 24.7 Å². The summed E-state index contributed by atoms with van der Waals surface area (Å²) in [5, 5.41) is 9.83. The van der Waals surface area contributed by atoms with Crippen molar-refractivity contribution in [1.29, 1.82) is 0 Å². The summed E-state index contributed by atoms with van der Waals surface area (Å²) in [4.78, 5) is 14.4. The maximum Gasteiger partial charge on any atom is 0.233 e. The third-order valence-electron chi connectivity index (χ3n) is 5.33. The van der Waals surface area contributed by atoms with Gasteiger partial charge >= 0.3 is 0 Å². The molecule has 6 nitrogen and oxygen atoms in total. The second kappa shape index (κ2) is 8.89. The molecule has 0 bridgehead atoms. The van der Waals surface area contributed by atoms with Gasteiger partial charge in [-0.3, -0.25) is 9.36 Å². The van der Waals surface area contributed by atoms with Crippen LogP contribution in [0.3, 0.4) is 0 Å². The van der Waals surface area contributed by atoms with Crippen LogP contribution in [0.15, 0.2) is 35.5 Å². The van der Waals surface area contributed by atoms with Crippen molar-refractivity contribution >= 4 is 17.7 Å². The summed E-state index contributed by atoms with van der Waals surface area (Å²) in [5.41, 5.74) is 1.07. The predicted molar refractivity (Wildman–Crippen MR) is 105 cm³/mol. The van der Waals surface area contributed by atoms with Crippen molar-refractivity contribution in [2.24, 2.45) is 0 Å². The number of carbonyl (C=O) groups is 1. The summed E-state index contributed by atoms with van der Waals surface area (Å²) >= 11 is 1.49. The zero-order chi connectivity index (χ0) is 18.5. The molecule has 2 heterocycles. The van der Waals surface area contributed by atoms with E-state index in [-0.39, 0.29) is 5.91 Å². The molecule has 0 N–H and O–H groups in total. The van der Waals surface area contributed by atoms with Crippen LogP contribution >= 0.6 is 11.8 Å². The third kappa shape index (κ3) is 4.35. The van der Waals surface area contributed by atoms with Crippen LogP contribution in [0.5, 0.6) is 0 Å². The highest BCUT2D eigenvalue weighted by Crippen LogP contribution is 2.34. The van der Waals surface area contributed by atoms with Gasteiger partial charge in [0.25, 0.3) is 0 Å². The van der Waals surface area contributed by atoms with E-state index >= 15 is 0 Å². The van der Waals surface area contributed by atoms with Crippen LogP contribution < -0.4 is 0 Å². The number of thioether (sulfide) groups is 1. The van der Waals surface area contributed by atoms with E-state index in [1.807, 2.05) is 23.1 Å². The fourth-order valence-corrected chi connectivity index (χ4v) is 4.71. The van der Waals surface area contributed by atoms with E-state index in [9.17, 15) is 4.79 Å². The van der Waals surface area contributed by atoms with Crippen LogP contribution in [0.2, 0.25) is 0 Å². The van der Waals surface area contributed by atoms with Crippen LogP contribution in [0.25, 0.3) is 5.69 Å². The van der Waals surface area contributed by atoms with Crippen LogP contribution in [0.4, 0.5) is 0 Å². The highest BCUT2D eigenvalue weighted by atomic mass is 32.2. The monoisotopic (exact) mass is 386 g/mol. The number of carbonyl (C=O) groups excluding carboxylic acids is 1. The number of rotatable bonds is 5. The first-order chi connectivity index (χ1) is 13.3. The van der Waals surface area contributed by atoms with Crippen molar-refractivity contribution in [3.8, 4) is 5.69 Å². The van der Waals surface area contributed by atoms with Crippen LogP contribution in [-0.2, 0) is 9.53 Å². The number of benzene rings is 1. The molecule has 2 aromatic rings. The highest BCUT2D eigenvalue weighted by Gasteiger charge is 2.25. The number of nitrogens with zero attached hydrogens (tertiary/aromatic N) is 4. The van der Waals surface area contributed by atoms with Crippen molar-refractivity contribution in [1.82, 2.24) is 19.7 Å². The molecule has 7 heteroatoms. The highest BCUT2D eigenvalue weighted by molar-refractivity contribution is 7.99. The van der Waals surface area contributed by atoms with E-state index in [1.54, 1.807) is 0 Å². The molecule has 4 rings (SSSR count). The molecular formula is C20H26N4O2S. The van der Waals surface area contributed by atoms with Crippen LogP contribution in [-0.4, -0.2) is 57.6 Å². The average molecular weight is 387 g/mol. The van der Waals surface area contributed by atoms with Crippen molar-refractivity contribution < 1.29 is 9.53 Å². The quantitative estimate of drug-likeness (QED) is 0.738. The van der Waals surface area contributed by atoms with E-state index in [0.717, 1.165) is 16.7 Å². The Bertz CT molecular complexity index is 753. The topological polar surface area (TPSA) is 60.2 Å². The van der Waals surface area contributed by atoms with E-state index in [0.29, 0.717) is 38.0 Å². The molecule has 2 fully saturated rings. The van der Waals surface area contributed by atoms with Gasteiger partial charge < -0.3 is 9.64 Å². The number of hydrogen-bond acceptors (Lipinski definition) is 5. The molecule has 1 aromatic carbocycles. The van der Waals surface area contributed by atoms with Gasteiger partial charge in [-0.25, -0.2) is 0 Å².